The zero-order chi connectivity index (χ0) is 17.8. The molecule has 1 aromatic heterocycles. The molecule has 0 unspecified atom stereocenters. The standard InChI is InChI=1S/C16H15BrFN3O4/c17-10-1-2-13(12(18)7-10)25-15-8-14(19-9-20-15)24-11-3-5-21(6-4-11)16(22)23/h1-2,7-9,11H,3-6H2,(H,22,23). The Balaban J connectivity index is 1.63. The SMILES string of the molecule is O=C(O)N1CCC(Oc2cc(Oc3ccc(Br)cc3F)ncn2)CC1. The Hall–Kier alpha value is -2.42. The van der Waals surface area contributed by atoms with Crippen LogP contribution in [-0.2, 0) is 0 Å². The van der Waals surface area contributed by atoms with E-state index >= 15 is 0 Å². The lowest BCUT2D eigenvalue weighted by atomic mass is 10.1. The largest absolute Gasteiger partial charge is 0.474 e. The van der Waals surface area contributed by atoms with Crippen LogP contribution in [0.5, 0.6) is 17.5 Å². The quantitative estimate of drug-likeness (QED) is 0.825. The Morgan fingerprint density at radius 1 is 1.24 bits per heavy atom. The second kappa shape index (κ2) is 7.64. The molecule has 1 fully saturated rings. The first-order chi connectivity index (χ1) is 12.0. The van der Waals surface area contributed by atoms with Gasteiger partial charge in [-0.3, -0.25) is 0 Å². The fraction of sp³-hybridized carbons (Fsp3) is 0.312. The minimum absolute atomic E-state index is 0.0441. The molecule has 1 aromatic carbocycles. The lowest BCUT2D eigenvalue weighted by Gasteiger charge is -2.29. The molecule has 132 valence electrons. The van der Waals surface area contributed by atoms with Gasteiger partial charge in [0.2, 0.25) is 11.8 Å². The number of nitrogens with zero attached hydrogens (tertiary/aromatic N) is 3. The van der Waals surface area contributed by atoms with E-state index < -0.39 is 11.9 Å². The van der Waals surface area contributed by atoms with Gasteiger partial charge >= 0.3 is 6.09 Å². The molecular formula is C16H15BrFN3O4. The maximum atomic E-state index is 13.8. The number of carbonyl (C=O) groups is 1. The number of ether oxygens (including phenoxy) is 2. The molecule has 3 rings (SSSR count). The molecule has 0 aliphatic carbocycles. The number of piperidine rings is 1. The Morgan fingerprint density at radius 2 is 1.96 bits per heavy atom. The predicted molar refractivity (Wildman–Crippen MR) is 89.5 cm³/mol. The van der Waals surface area contributed by atoms with Gasteiger partial charge in [-0.2, -0.15) is 0 Å². The van der Waals surface area contributed by atoms with Crippen LogP contribution < -0.4 is 9.47 Å². The summed E-state index contributed by atoms with van der Waals surface area (Å²) in [5.74, 6) is -0.00963. The van der Waals surface area contributed by atoms with Crippen LogP contribution in [0, 0.1) is 5.82 Å². The van der Waals surface area contributed by atoms with Crippen molar-refractivity contribution in [1.82, 2.24) is 14.9 Å². The highest BCUT2D eigenvalue weighted by molar-refractivity contribution is 9.10. The number of hydrogen-bond acceptors (Lipinski definition) is 5. The van der Waals surface area contributed by atoms with Crippen LogP contribution in [0.15, 0.2) is 35.1 Å². The van der Waals surface area contributed by atoms with Gasteiger partial charge < -0.3 is 19.5 Å². The predicted octanol–water partition coefficient (Wildman–Crippen LogP) is 3.69. The van der Waals surface area contributed by atoms with E-state index in [0.29, 0.717) is 36.3 Å². The van der Waals surface area contributed by atoms with Crippen molar-refractivity contribution in [1.29, 1.82) is 0 Å². The highest BCUT2D eigenvalue weighted by Crippen LogP contribution is 2.27. The maximum Gasteiger partial charge on any atom is 0.407 e. The van der Waals surface area contributed by atoms with Gasteiger partial charge in [0, 0.05) is 30.4 Å². The summed E-state index contributed by atoms with van der Waals surface area (Å²) in [6.07, 6.45) is 1.37. The molecule has 0 bridgehead atoms. The van der Waals surface area contributed by atoms with Gasteiger partial charge in [0.05, 0.1) is 6.07 Å². The summed E-state index contributed by atoms with van der Waals surface area (Å²) in [6, 6.07) is 5.92. The van der Waals surface area contributed by atoms with E-state index in [2.05, 4.69) is 25.9 Å². The van der Waals surface area contributed by atoms with Crippen molar-refractivity contribution in [3.05, 3.63) is 40.9 Å². The number of aromatic nitrogens is 2. The van der Waals surface area contributed by atoms with E-state index in [1.165, 1.54) is 29.4 Å². The molecule has 1 amide bonds. The molecule has 1 aliphatic rings. The first kappa shape index (κ1) is 17.4. The van der Waals surface area contributed by atoms with E-state index in [9.17, 15) is 9.18 Å². The average molecular weight is 412 g/mol. The number of benzene rings is 1. The van der Waals surface area contributed by atoms with E-state index in [-0.39, 0.29) is 17.7 Å². The van der Waals surface area contributed by atoms with Crippen molar-refractivity contribution >= 4 is 22.0 Å². The normalized spacial score (nSPS) is 15.0. The Morgan fingerprint density at radius 3 is 2.64 bits per heavy atom. The summed E-state index contributed by atoms with van der Waals surface area (Å²) < 4.78 is 25.6. The van der Waals surface area contributed by atoms with Gasteiger partial charge in [-0.25, -0.2) is 19.2 Å². The fourth-order valence-electron chi connectivity index (χ4n) is 2.45. The third-order valence-electron chi connectivity index (χ3n) is 3.73. The number of likely N-dealkylation sites (tertiary alicyclic amines) is 1. The molecule has 0 atom stereocenters. The van der Waals surface area contributed by atoms with Gasteiger partial charge in [-0.05, 0) is 18.2 Å². The average Bonchev–Trinajstić information content (AvgIpc) is 2.58. The summed E-state index contributed by atoms with van der Waals surface area (Å²) >= 11 is 3.18. The molecule has 0 spiro atoms. The maximum absolute atomic E-state index is 13.8. The molecule has 1 N–H and O–H groups in total. The number of amides is 1. The number of halogens is 2. The third-order valence-corrected chi connectivity index (χ3v) is 4.22. The first-order valence-corrected chi connectivity index (χ1v) is 8.40. The van der Waals surface area contributed by atoms with Crippen LogP contribution in [0.4, 0.5) is 9.18 Å². The van der Waals surface area contributed by atoms with Crippen molar-refractivity contribution in [2.45, 2.75) is 18.9 Å². The molecule has 1 aliphatic heterocycles. The molecule has 2 aromatic rings. The van der Waals surface area contributed by atoms with Gasteiger partial charge in [-0.15, -0.1) is 0 Å². The summed E-state index contributed by atoms with van der Waals surface area (Å²) in [7, 11) is 0. The van der Waals surface area contributed by atoms with Crippen molar-refractivity contribution in [2.24, 2.45) is 0 Å². The van der Waals surface area contributed by atoms with Gasteiger partial charge in [-0.1, -0.05) is 15.9 Å². The number of hydrogen-bond donors (Lipinski definition) is 1. The van der Waals surface area contributed by atoms with Gasteiger partial charge in [0.15, 0.2) is 11.6 Å². The molecule has 7 nitrogen and oxygen atoms in total. The van der Waals surface area contributed by atoms with Crippen LogP contribution >= 0.6 is 15.9 Å². The Labute approximate surface area is 151 Å². The number of carboxylic acid groups (broad SMARTS) is 1. The zero-order valence-corrected chi connectivity index (χ0v) is 14.6. The zero-order valence-electron chi connectivity index (χ0n) is 13.1. The van der Waals surface area contributed by atoms with Crippen molar-refractivity contribution in [2.75, 3.05) is 13.1 Å². The van der Waals surface area contributed by atoms with Crippen molar-refractivity contribution in [3.8, 4) is 17.5 Å². The highest BCUT2D eigenvalue weighted by atomic mass is 79.9. The lowest BCUT2D eigenvalue weighted by molar-refractivity contribution is 0.0869. The lowest BCUT2D eigenvalue weighted by Crippen LogP contribution is -2.41. The van der Waals surface area contributed by atoms with Crippen LogP contribution in [0.1, 0.15) is 12.8 Å². The summed E-state index contributed by atoms with van der Waals surface area (Å²) in [5, 5.41) is 8.94. The molecule has 9 heteroatoms. The highest BCUT2D eigenvalue weighted by Gasteiger charge is 2.23. The Bertz CT molecular complexity index is 769. The molecule has 1 saturated heterocycles. The minimum atomic E-state index is -0.923. The second-order valence-corrected chi connectivity index (χ2v) is 6.37. The summed E-state index contributed by atoms with van der Waals surface area (Å²) in [4.78, 5) is 20.2. The van der Waals surface area contributed by atoms with E-state index in [1.54, 1.807) is 6.07 Å². The van der Waals surface area contributed by atoms with Crippen LogP contribution in [0.25, 0.3) is 0 Å². The van der Waals surface area contributed by atoms with E-state index in [4.69, 9.17) is 14.6 Å². The monoisotopic (exact) mass is 411 g/mol. The number of rotatable bonds is 4. The molecule has 25 heavy (non-hydrogen) atoms. The van der Waals surface area contributed by atoms with Crippen LogP contribution in [0.3, 0.4) is 0 Å². The topological polar surface area (TPSA) is 84.8 Å². The van der Waals surface area contributed by atoms with Crippen LogP contribution in [-0.4, -0.2) is 45.3 Å². The van der Waals surface area contributed by atoms with Gasteiger partial charge in [0.1, 0.15) is 12.4 Å². The molecule has 0 saturated carbocycles. The van der Waals surface area contributed by atoms with E-state index in [1.807, 2.05) is 0 Å². The second-order valence-electron chi connectivity index (χ2n) is 5.46. The molecule has 2 heterocycles. The minimum Gasteiger partial charge on any atom is -0.474 e. The smallest absolute Gasteiger partial charge is 0.407 e. The molecular weight excluding hydrogens is 397 g/mol. The third kappa shape index (κ3) is 4.56. The summed E-state index contributed by atoms with van der Waals surface area (Å²) in [5.41, 5.74) is 0. The first-order valence-electron chi connectivity index (χ1n) is 7.61. The van der Waals surface area contributed by atoms with E-state index in [0.717, 1.165) is 0 Å². The van der Waals surface area contributed by atoms with Gasteiger partial charge in [0.25, 0.3) is 0 Å². The van der Waals surface area contributed by atoms with Crippen LogP contribution in [0.2, 0.25) is 0 Å². The fourth-order valence-corrected chi connectivity index (χ4v) is 2.78. The van der Waals surface area contributed by atoms with Crippen molar-refractivity contribution in [3.63, 3.8) is 0 Å². The molecule has 0 radical (unpaired) electrons. The van der Waals surface area contributed by atoms with Crippen molar-refractivity contribution < 1.29 is 23.8 Å². The Kier molecular flexibility index (Phi) is 5.32. The summed E-state index contributed by atoms with van der Waals surface area (Å²) in [6.45, 7) is 0.830.